The molecule has 0 atom stereocenters. The number of nitrogens with zero attached hydrogens (tertiary/aromatic N) is 1. The van der Waals surface area contributed by atoms with Crippen LogP contribution in [-0.4, -0.2) is 18.5 Å². The van der Waals surface area contributed by atoms with Gasteiger partial charge in [-0.15, -0.1) is 0 Å². The van der Waals surface area contributed by atoms with E-state index in [0.717, 1.165) is 40.3 Å². The molecule has 0 radical (unpaired) electrons. The minimum absolute atomic E-state index is 0.0979. The number of amides is 2. The first kappa shape index (κ1) is 25.4. The second-order valence-electron chi connectivity index (χ2n) is 7.94. The van der Waals surface area contributed by atoms with E-state index >= 15 is 0 Å². The minimum atomic E-state index is -0.216. The lowest BCUT2D eigenvalue weighted by molar-refractivity contribution is -0.134. The number of anilines is 1. The molecule has 0 aromatic heterocycles. The van der Waals surface area contributed by atoms with Gasteiger partial charge in [0.15, 0.2) is 0 Å². The average molecular weight is 477 g/mol. The zero-order chi connectivity index (χ0) is 24.2. The van der Waals surface area contributed by atoms with Gasteiger partial charge >= 0.3 is 12.0 Å². The van der Waals surface area contributed by atoms with E-state index in [1.54, 1.807) is 22.7 Å². The van der Waals surface area contributed by atoms with Crippen LogP contribution < -0.4 is 15.0 Å². The van der Waals surface area contributed by atoms with Gasteiger partial charge < -0.3 is 10.1 Å². The van der Waals surface area contributed by atoms with Crippen LogP contribution in [0.4, 0.5) is 10.5 Å². The molecule has 0 bridgehead atoms. The Morgan fingerprint density at radius 1 is 0.882 bits per heavy atom. The van der Waals surface area contributed by atoms with Crippen LogP contribution in [0.15, 0.2) is 88.7 Å². The topological polar surface area (TPSA) is 58.6 Å². The number of carbonyl (C=O) groups excluding carboxylic acids is 2. The van der Waals surface area contributed by atoms with Crippen molar-refractivity contribution in [3.8, 4) is 5.75 Å². The van der Waals surface area contributed by atoms with Crippen LogP contribution in [0.5, 0.6) is 5.75 Å². The first-order chi connectivity index (χ1) is 16.6. The molecule has 0 spiro atoms. The molecule has 1 N–H and O–H groups in total. The Morgan fingerprint density at radius 2 is 1.65 bits per heavy atom. The van der Waals surface area contributed by atoms with E-state index in [2.05, 4.69) is 12.2 Å². The molecule has 3 aromatic rings. The van der Waals surface area contributed by atoms with Crippen molar-refractivity contribution in [3.05, 3.63) is 84.4 Å². The smallest absolute Gasteiger partial charge is 0.322 e. The summed E-state index contributed by atoms with van der Waals surface area (Å²) < 4.78 is 5.40. The second-order valence-corrected chi connectivity index (χ2v) is 9.09. The number of carbonyl (C=O) groups is 2. The number of rotatable bonds is 11. The second kappa shape index (κ2) is 13.5. The quantitative estimate of drug-likeness (QED) is 0.238. The maximum absolute atomic E-state index is 12.9. The summed E-state index contributed by atoms with van der Waals surface area (Å²) in [6, 6.07) is 25.3. The normalized spacial score (nSPS) is 10.5. The van der Waals surface area contributed by atoms with Gasteiger partial charge in [0.25, 0.3) is 0 Å². The molecule has 0 heterocycles. The maximum Gasteiger partial charge on any atom is 0.322 e. The molecule has 6 heteroatoms. The highest BCUT2D eigenvalue weighted by Crippen LogP contribution is 2.31. The van der Waals surface area contributed by atoms with Gasteiger partial charge in [-0.25, -0.2) is 4.79 Å². The molecule has 0 aliphatic rings. The minimum Gasteiger partial charge on any atom is -0.426 e. The van der Waals surface area contributed by atoms with Crippen LogP contribution in [0.1, 0.15) is 45.1 Å². The number of urea groups is 1. The summed E-state index contributed by atoms with van der Waals surface area (Å²) in [5, 5.41) is 3.03. The van der Waals surface area contributed by atoms with Gasteiger partial charge in [0, 0.05) is 35.0 Å². The van der Waals surface area contributed by atoms with Gasteiger partial charge in [-0.05, 0) is 60.9 Å². The highest BCUT2D eigenvalue weighted by molar-refractivity contribution is 7.99. The van der Waals surface area contributed by atoms with Crippen LogP contribution in [-0.2, 0) is 11.3 Å². The van der Waals surface area contributed by atoms with E-state index in [1.807, 2.05) is 79.7 Å². The zero-order valence-corrected chi connectivity index (χ0v) is 20.6. The average Bonchev–Trinajstić information content (AvgIpc) is 2.85. The Labute approximate surface area is 206 Å². The van der Waals surface area contributed by atoms with Crippen LogP contribution in [0.25, 0.3) is 0 Å². The summed E-state index contributed by atoms with van der Waals surface area (Å²) >= 11 is 1.59. The molecule has 0 saturated carbocycles. The highest BCUT2D eigenvalue weighted by atomic mass is 32.2. The molecule has 34 heavy (non-hydrogen) atoms. The molecule has 3 rings (SSSR count). The number of esters is 1. The number of nitrogens with one attached hydrogen (secondary N) is 1. The Morgan fingerprint density at radius 3 is 2.35 bits per heavy atom. The van der Waals surface area contributed by atoms with Crippen LogP contribution in [0, 0.1) is 0 Å². The fourth-order valence-corrected chi connectivity index (χ4v) is 4.22. The molecule has 178 valence electrons. The van der Waals surface area contributed by atoms with Crippen molar-refractivity contribution in [1.82, 2.24) is 5.32 Å². The van der Waals surface area contributed by atoms with Crippen LogP contribution in [0.2, 0.25) is 0 Å². The Balaban J connectivity index is 1.65. The molecule has 5 nitrogen and oxygen atoms in total. The molecular weight excluding hydrogens is 444 g/mol. The van der Waals surface area contributed by atoms with Crippen LogP contribution >= 0.6 is 11.8 Å². The van der Waals surface area contributed by atoms with Crippen molar-refractivity contribution >= 4 is 29.4 Å². The van der Waals surface area contributed by atoms with Gasteiger partial charge in [0.05, 0.1) is 0 Å². The summed E-state index contributed by atoms with van der Waals surface area (Å²) in [5.74, 6) is 0.340. The van der Waals surface area contributed by atoms with E-state index in [4.69, 9.17) is 4.74 Å². The summed E-state index contributed by atoms with van der Waals surface area (Å²) in [6.07, 6.45) is 3.11. The fourth-order valence-electron chi connectivity index (χ4n) is 3.35. The number of hydrogen-bond donors (Lipinski definition) is 1. The van der Waals surface area contributed by atoms with Crippen molar-refractivity contribution in [2.75, 3.05) is 11.4 Å². The van der Waals surface area contributed by atoms with Crippen molar-refractivity contribution in [2.45, 2.75) is 55.9 Å². The molecular formula is C28H32N2O3S. The van der Waals surface area contributed by atoms with Gasteiger partial charge in [0.1, 0.15) is 5.75 Å². The van der Waals surface area contributed by atoms with E-state index in [1.165, 1.54) is 0 Å². The number of hydrogen-bond acceptors (Lipinski definition) is 4. The molecule has 2 amide bonds. The summed E-state index contributed by atoms with van der Waals surface area (Å²) in [7, 11) is 0. The van der Waals surface area contributed by atoms with E-state index < -0.39 is 0 Å². The van der Waals surface area contributed by atoms with Gasteiger partial charge in [-0.2, -0.15) is 0 Å². The van der Waals surface area contributed by atoms with Crippen molar-refractivity contribution in [1.29, 1.82) is 0 Å². The van der Waals surface area contributed by atoms with E-state index in [-0.39, 0.29) is 12.0 Å². The third-order valence-corrected chi connectivity index (χ3v) is 6.14. The van der Waals surface area contributed by atoms with Crippen molar-refractivity contribution in [2.24, 2.45) is 0 Å². The van der Waals surface area contributed by atoms with Crippen molar-refractivity contribution in [3.63, 3.8) is 0 Å². The fraction of sp³-hybridized carbons (Fsp3) is 0.286. The number of unbranched alkanes of at least 4 members (excludes halogenated alkanes) is 1. The van der Waals surface area contributed by atoms with Gasteiger partial charge in [-0.3, -0.25) is 9.69 Å². The zero-order valence-electron chi connectivity index (χ0n) is 19.8. The first-order valence-corrected chi connectivity index (χ1v) is 12.6. The van der Waals surface area contributed by atoms with E-state index in [9.17, 15) is 9.59 Å². The largest absolute Gasteiger partial charge is 0.426 e. The predicted molar refractivity (Wildman–Crippen MR) is 138 cm³/mol. The third kappa shape index (κ3) is 7.96. The van der Waals surface area contributed by atoms with Gasteiger partial charge in [-0.1, -0.05) is 68.4 Å². The highest BCUT2D eigenvalue weighted by Gasteiger charge is 2.15. The maximum atomic E-state index is 12.9. The van der Waals surface area contributed by atoms with E-state index in [0.29, 0.717) is 25.3 Å². The summed E-state index contributed by atoms with van der Waals surface area (Å²) in [6.45, 7) is 5.23. The first-order valence-electron chi connectivity index (χ1n) is 11.8. The summed E-state index contributed by atoms with van der Waals surface area (Å²) in [5.41, 5.74) is 1.94. The summed E-state index contributed by atoms with van der Waals surface area (Å²) in [4.78, 5) is 28.5. The monoisotopic (exact) mass is 476 g/mol. The standard InChI is InChI=1S/C28H32N2O3S/c1-3-5-19-30(28(32)29-21-22-11-7-6-8-12-22)23-15-17-25(18-16-23)34-26-14-9-13-24(20-26)33-27(31)10-4-2/h6-9,11-18,20H,3-5,10,19,21H2,1-2H3,(H,29,32). The lowest BCUT2D eigenvalue weighted by Crippen LogP contribution is -2.40. The van der Waals surface area contributed by atoms with Crippen LogP contribution in [0.3, 0.4) is 0 Å². The molecule has 0 aliphatic carbocycles. The number of ether oxygens (including phenoxy) is 1. The Kier molecular flexibility index (Phi) is 10.0. The van der Waals surface area contributed by atoms with Crippen molar-refractivity contribution < 1.29 is 14.3 Å². The van der Waals surface area contributed by atoms with Gasteiger partial charge in [0.2, 0.25) is 0 Å². The Hall–Kier alpha value is -3.25. The number of benzene rings is 3. The third-order valence-electron chi connectivity index (χ3n) is 5.14. The predicted octanol–water partition coefficient (Wildman–Crippen LogP) is 7.06. The Bertz CT molecular complexity index is 1050. The molecule has 0 saturated heterocycles. The molecule has 3 aromatic carbocycles. The lowest BCUT2D eigenvalue weighted by atomic mass is 10.2. The lowest BCUT2D eigenvalue weighted by Gasteiger charge is -2.23. The molecule has 0 unspecified atom stereocenters. The molecule has 0 aliphatic heterocycles. The molecule has 0 fully saturated rings. The SMILES string of the molecule is CCCCN(C(=O)NCc1ccccc1)c1ccc(Sc2cccc(OC(=O)CCC)c2)cc1.